The summed E-state index contributed by atoms with van der Waals surface area (Å²) in [5.74, 6) is -1.53. The number of ether oxygens (including phenoxy) is 1. The molecule has 0 saturated carbocycles. The third-order valence-corrected chi connectivity index (χ3v) is 1.83. The third-order valence-electron chi connectivity index (χ3n) is 1.34. The summed E-state index contributed by atoms with van der Waals surface area (Å²) >= 11 is 2.97. The zero-order chi connectivity index (χ0) is 10.8. The first kappa shape index (κ1) is 11.3. The zero-order valence-corrected chi connectivity index (χ0v) is 8.39. The van der Waals surface area contributed by atoms with E-state index in [9.17, 15) is 13.2 Å². The Hall–Kier alpha value is -0.750. The van der Waals surface area contributed by atoms with Crippen LogP contribution < -0.4 is 4.74 Å². The van der Waals surface area contributed by atoms with Crippen molar-refractivity contribution in [3.63, 3.8) is 0 Å². The molecule has 1 aromatic carbocycles. The minimum atomic E-state index is -3.78. The van der Waals surface area contributed by atoms with Crippen molar-refractivity contribution in [3.05, 3.63) is 28.5 Å². The van der Waals surface area contributed by atoms with E-state index in [0.29, 0.717) is 4.47 Å². The minimum Gasteiger partial charge on any atom is -0.428 e. The van der Waals surface area contributed by atoms with Gasteiger partial charge in [-0.05, 0) is 18.2 Å². The molecule has 14 heavy (non-hydrogen) atoms. The molecule has 0 aromatic heterocycles. The number of halogens is 4. The lowest BCUT2D eigenvalue weighted by Crippen LogP contribution is -2.29. The van der Waals surface area contributed by atoms with E-state index in [1.807, 2.05) is 0 Å². The van der Waals surface area contributed by atoms with Gasteiger partial charge >= 0.3 is 6.11 Å². The summed E-state index contributed by atoms with van der Waals surface area (Å²) < 4.78 is 42.2. The second-order valence-electron chi connectivity index (χ2n) is 2.47. The Kier molecular flexibility index (Phi) is 3.38. The fourth-order valence-electron chi connectivity index (χ4n) is 0.749. The summed E-state index contributed by atoms with van der Waals surface area (Å²) in [4.78, 5) is 0. The fourth-order valence-corrected chi connectivity index (χ4v) is 1.09. The number of hydrogen-bond acceptors (Lipinski definition) is 2. The molecule has 1 rings (SSSR count). The minimum absolute atomic E-state index is 0.405. The van der Waals surface area contributed by atoms with Crippen molar-refractivity contribution < 1.29 is 23.0 Å². The van der Waals surface area contributed by atoms with Gasteiger partial charge in [-0.25, -0.2) is 4.39 Å². The number of rotatable bonds is 3. The average molecular weight is 271 g/mol. The van der Waals surface area contributed by atoms with Gasteiger partial charge in [0.1, 0.15) is 6.61 Å². The SMILES string of the molecule is OCC(F)(F)Oc1cc(Br)ccc1F. The quantitative estimate of drug-likeness (QED) is 0.915. The summed E-state index contributed by atoms with van der Waals surface area (Å²) in [6.07, 6.45) is -3.78. The number of hydrogen-bond donors (Lipinski definition) is 1. The first-order chi connectivity index (χ1) is 6.44. The highest BCUT2D eigenvalue weighted by molar-refractivity contribution is 9.10. The van der Waals surface area contributed by atoms with Gasteiger partial charge in [-0.3, -0.25) is 0 Å². The van der Waals surface area contributed by atoms with Crippen LogP contribution in [0.5, 0.6) is 5.75 Å². The molecule has 0 amide bonds. The molecule has 0 aliphatic carbocycles. The monoisotopic (exact) mass is 270 g/mol. The summed E-state index contributed by atoms with van der Waals surface area (Å²) in [7, 11) is 0. The fraction of sp³-hybridized carbons (Fsp3) is 0.250. The number of aliphatic hydroxyl groups excluding tert-OH is 1. The van der Waals surface area contributed by atoms with E-state index in [-0.39, 0.29) is 0 Å². The van der Waals surface area contributed by atoms with Crippen LogP contribution in [0.3, 0.4) is 0 Å². The molecule has 0 atom stereocenters. The van der Waals surface area contributed by atoms with E-state index < -0.39 is 24.3 Å². The van der Waals surface area contributed by atoms with Gasteiger partial charge in [0.2, 0.25) is 0 Å². The second kappa shape index (κ2) is 4.18. The summed E-state index contributed by atoms with van der Waals surface area (Å²) in [6.45, 7) is -1.50. The van der Waals surface area contributed by atoms with E-state index in [1.54, 1.807) is 0 Å². The summed E-state index contributed by atoms with van der Waals surface area (Å²) in [5, 5.41) is 8.21. The average Bonchev–Trinajstić information content (AvgIpc) is 2.11. The molecule has 0 radical (unpaired) electrons. The van der Waals surface area contributed by atoms with E-state index in [4.69, 9.17) is 5.11 Å². The molecule has 0 saturated heterocycles. The van der Waals surface area contributed by atoms with Gasteiger partial charge in [-0.15, -0.1) is 0 Å². The smallest absolute Gasteiger partial charge is 0.421 e. The van der Waals surface area contributed by atoms with Gasteiger partial charge in [0.25, 0.3) is 0 Å². The van der Waals surface area contributed by atoms with Crippen molar-refractivity contribution >= 4 is 15.9 Å². The molecule has 1 aromatic rings. The van der Waals surface area contributed by atoms with Crippen LogP contribution in [-0.2, 0) is 0 Å². The molecular weight excluding hydrogens is 265 g/mol. The Morgan fingerprint density at radius 2 is 2.07 bits per heavy atom. The maximum absolute atomic E-state index is 12.9. The molecule has 0 unspecified atom stereocenters. The van der Waals surface area contributed by atoms with Crippen LogP contribution >= 0.6 is 15.9 Å². The molecule has 0 aliphatic rings. The normalized spacial score (nSPS) is 11.5. The van der Waals surface area contributed by atoms with E-state index >= 15 is 0 Å². The van der Waals surface area contributed by atoms with Gasteiger partial charge in [0.05, 0.1) is 0 Å². The Morgan fingerprint density at radius 3 is 2.64 bits per heavy atom. The van der Waals surface area contributed by atoms with Crippen LogP contribution in [0, 0.1) is 5.82 Å². The molecule has 78 valence electrons. The molecule has 0 fully saturated rings. The third kappa shape index (κ3) is 2.88. The predicted molar refractivity (Wildman–Crippen MR) is 46.8 cm³/mol. The predicted octanol–water partition coefficient (Wildman–Crippen LogP) is 2.55. The lowest BCUT2D eigenvalue weighted by Gasteiger charge is -2.15. The maximum atomic E-state index is 12.9. The lowest BCUT2D eigenvalue weighted by atomic mass is 10.3. The van der Waals surface area contributed by atoms with Gasteiger partial charge in [-0.1, -0.05) is 15.9 Å². The first-order valence-corrected chi connectivity index (χ1v) is 4.36. The van der Waals surface area contributed by atoms with Crippen molar-refractivity contribution in [2.24, 2.45) is 0 Å². The van der Waals surface area contributed by atoms with Crippen molar-refractivity contribution in [2.75, 3.05) is 6.61 Å². The second-order valence-corrected chi connectivity index (χ2v) is 3.39. The summed E-state index contributed by atoms with van der Waals surface area (Å²) in [5.41, 5.74) is 0. The maximum Gasteiger partial charge on any atom is 0.421 e. The number of benzene rings is 1. The highest BCUT2D eigenvalue weighted by Crippen LogP contribution is 2.27. The Balaban J connectivity index is 2.91. The van der Waals surface area contributed by atoms with E-state index in [2.05, 4.69) is 20.7 Å². The largest absolute Gasteiger partial charge is 0.428 e. The standard InChI is InChI=1S/C8H6BrF3O2/c9-5-1-2-6(10)7(3-5)14-8(11,12)4-13/h1-3,13H,4H2. The van der Waals surface area contributed by atoms with Crippen LogP contribution in [0.4, 0.5) is 13.2 Å². The van der Waals surface area contributed by atoms with E-state index in [1.165, 1.54) is 6.07 Å². The Bertz CT molecular complexity index is 330. The first-order valence-electron chi connectivity index (χ1n) is 3.57. The molecule has 1 N–H and O–H groups in total. The van der Waals surface area contributed by atoms with Gasteiger partial charge in [-0.2, -0.15) is 8.78 Å². The summed E-state index contributed by atoms with van der Waals surface area (Å²) in [6, 6.07) is 3.38. The lowest BCUT2D eigenvalue weighted by molar-refractivity contribution is -0.202. The molecule has 2 nitrogen and oxygen atoms in total. The molecule has 0 aliphatic heterocycles. The van der Waals surface area contributed by atoms with Gasteiger partial charge < -0.3 is 9.84 Å². The van der Waals surface area contributed by atoms with Crippen LogP contribution in [0.15, 0.2) is 22.7 Å². The zero-order valence-electron chi connectivity index (χ0n) is 6.81. The van der Waals surface area contributed by atoms with Crippen molar-refractivity contribution in [2.45, 2.75) is 6.11 Å². The highest BCUT2D eigenvalue weighted by Gasteiger charge is 2.31. The van der Waals surface area contributed by atoms with Crippen molar-refractivity contribution in [1.82, 2.24) is 0 Å². The van der Waals surface area contributed by atoms with Crippen LogP contribution in [0.2, 0.25) is 0 Å². The molecule has 0 spiro atoms. The molecule has 6 heteroatoms. The number of alkyl halides is 2. The Morgan fingerprint density at radius 1 is 1.43 bits per heavy atom. The van der Waals surface area contributed by atoms with Crippen LogP contribution in [0.1, 0.15) is 0 Å². The topological polar surface area (TPSA) is 29.5 Å². The Labute approximate surface area is 86.4 Å². The highest BCUT2D eigenvalue weighted by atomic mass is 79.9. The van der Waals surface area contributed by atoms with Crippen molar-refractivity contribution in [3.8, 4) is 5.75 Å². The molecule has 0 heterocycles. The van der Waals surface area contributed by atoms with Crippen molar-refractivity contribution in [1.29, 1.82) is 0 Å². The molecule has 0 bridgehead atoms. The van der Waals surface area contributed by atoms with Gasteiger partial charge in [0, 0.05) is 4.47 Å². The van der Waals surface area contributed by atoms with Gasteiger partial charge in [0.15, 0.2) is 11.6 Å². The van der Waals surface area contributed by atoms with Crippen LogP contribution in [0.25, 0.3) is 0 Å². The van der Waals surface area contributed by atoms with Crippen LogP contribution in [-0.4, -0.2) is 17.8 Å². The molecular formula is C8H6BrF3O2. The van der Waals surface area contributed by atoms with E-state index in [0.717, 1.165) is 12.1 Å². The number of aliphatic hydroxyl groups is 1.